The number of anilines is 1. The van der Waals surface area contributed by atoms with Gasteiger partial charge in [-0.15, -0.1) is 11.8 Å². The van der Waals surface area contributed by atoms with E-state index in [1.807, 2.05) is 48.5 Å². The summed E-state index contributed by atoms with van der Waals surface area (Å²) in [5, 5.41) is 4.89. The van der Waals surface area contributed by atoms with Crippen LogP contribution in [-0.4, -0.2) is 13.0 Å². The number of nitrogens with one attached hydrogen (secondary N) is 1. The second-order valence-electron chi connectivity index (χ2n) is 7.51. The highest BCUT2D eigenvalue weighted by Gasteiger charge is 2.17. The number of para-hydroxylation sites is 1. The van der Waals surface area contributed by atoms with E-state index in [0.29, 0.717) is 28.3 Å². The third kappa shape index (κ3) is 4.30. The van der Waals surface area contributed by atoms with Crippen molar-refractivity contribution < 1.29 is 18.3 Å². The summed E-state index contributed by atoms with van der Waals surface area (Å²) in [6.07, 6.45) is 0. The fraction of sp³-hybridized carbons (Fsp3) is 0.0741. The highest BCUT2D eigenvalue weighted by molar-refractivity contribution is 7.98. The normalized spacial score (nSPS) is 11.1. The first-order valence-corrected chi connectivity index (χ1v) is 11.4. The van der Waals surface area contributed by atoms with Gasteiger partial charge >= 0.3 is 0 Å². The van der Waals surface area contributed by atoms with Gasteiger partial charge in [0.15, 0.2) is 0 Å². The van der Waals surface area contributed by atoms with Crippen molar-refractivity contribution >= 4 is 45.3 Å². The van der Waals surface area contributed by atoms with E-state index in [4.69, 9.17) is 9.15 Å². The second kappa shape index (κ2) is 9.00. The van der Waals surface area contributed by atoms with Gasteiger partial charge in [0.05, 0.1) is 18.4 Å². The summed E-state index contributed by atoms with van der Waals surface area (Å²) in [5.74, 6) is 0.669. The van der Waals surface area contributed by atoms with Gasteiger partial charge in [-0.1, -0.05) is 42.5 Å². The molecular formula is C27H20FNO3S. The molecule has 0 aliphatic carbocycles. The summed E-state index contributed by atoms with van der Waals surface area (Å²) in [6, 6.07) is 25.2. The SMILES string of the molecule is COc1cc2c(cc1NC(=O)c1ccccc1SCc1ccc(F)cc1)oc1ccccc12. The summed E-state index contributed by atoms with van der Waals surface area (Å²) in [5.41, 5.74) is 3.52. The van der Waals surface area contributed by atoms with Crippen LogP contribution in [0.1, 0.15) is 15.9 Å². The molecule has 0 saturated heterocycles. The number of hydrogen-bond acceptors (Lipinski definition) is 4. The van der Waals surface area contributed by atoms with Gasteiger partial charge in [0.1, 0.15) is 22.7 Å². The standard InChI is InChI=1S/C27H20FNO3S/c1-31-25-14-21-19-6-2-4-8-23(19)32-24(21)15-22(25)29-27(30)20-7-3-5-9-26(20)33-16-17-10-12-18(28)13-11-17/h2-15H,16H2,1H3,(H,29,30). The second-order valence-corrected chi connectivity index (χ2v) is 8.53. The van der Waals surface area contributed by atoms with Crippen LogP contribution >= 0.6 is 11.8 Å². The van der Waals surface area contributed by atoms with Crippen molar-refractivity contribution in [1.82, 2.24) is 0 Å². The molecule has 0 saturated carbocycles. The maximum atomic E-state index is 13.2. The molecule has 164 valence electrons. The number of methoxy groups -OCH3 is 1. The number of rotatable bonds is 6. The largest absolute Gasteiger partial charge is 0.495 e. The number of thioether (sulfide) groups is 1. The minimum Gasteiger partial charge on any atom is -0.495 e. The Bertz CT molecular complexity index is 1460. The van der Waals surface area contributed by atoms with Crippen molar-refractivity contribution in [3.05, 3.63) is 102 Å². The van der Waals surface area contributed by atoms with Gasteiger partial charge in [0.2, 0.25) is 0 Å². The molecular weight excluding hydrogens is 437 g/mol. The molecule has 0 bridgehead atoms. The third-order valence-electron chi connectivity index (χ3n) is 5.39. The monoisotopic (exact) mass is 457 g/mol. The summed E-state index contributed by atoms with van der Waals surface area (Å²) < 4.78 is 24.7. The quantitative estimate of drug-likeness (QED) is 0.272. The molecule has 4 aromatic carbocycles. The van der Waals surface area contributed by atoms with Crippen LogP contribution in [-0.2, 0) is 5.75 Å². The Morgan fingerprint density at radius 2 is 1.70 bits per heavy atom. The maximum Gasteiger partial charge on any atom is 0.256 e. The Kier molecular flexibility index (Phi) is 5.75. The van der Waals surface area contributed by atoms with Crippen molar-refractivity contribution in [2.45, 2.75) is 10.6 Å². The fourth-order valence-corrected chi connectivity index (χ4v) is 4.74. The molecule has 1 N–H and O–H groups in total. The lowest BCUT2D eigenvalue weighted by atomic mass is 10.1. The molecule has 0 spiro atoms. The van der Waals surface area contributed by atoms with E-state index < -0.39 is 0 Å². The van der Waals surface area contributed by atoms with Gasteiger partial charge in [-0.25, -0.2) is 4.39 Å². The highest BCUT2D eigenvalue weighted by Crippen LogP contribution is 2.37. The van der Waals surface area contributed by atoms with E-state index >= 15 is 0 Å². The van der Waals surface area contributed by atoms with Gasteiger partial charge in [-0.05, 0) is 42.0 Å². The Morgan fingerprint density at radius 3 is 2.52 bits per heavy atom. The summed E-state index contributed by atoms with van der Waals surface area (Å²) in [6.45, 7) is 0. The van der Waals surface area contributed by atoms with Crippen molar-refractivity contribution in [2.24, 2.45) is 0 Å². The van der Waals surface area contributed by atoms with Crippen LogP contribution in [0.2, 0.25) is 0 Å². The molecule has 33 heavy (non-hydrogen) atoms. The molecule has 5 rings (SSSR count). The number of carbonyl (C=O) groups excluding carboxylic acids is 1. The first-order chi connectivity index (χ1) is 16.1. The fourth-order valence-electron chi connectivity index (χ4n) is 3.73. The Labute approximate surface area is 194 Å². The topological polar surface area (TPSA) is 51.5 Å². The minimum atomic E-state index is -0.265. The first kappa shape index (κ1) is 21.1. The Balaban J connectivity index is 1.42. The molecule has 5 aromatic rings. The van der Waals surface area contributed by atoms with Crippen LogP contribution < -0.4 is 10.1 Å². The molecule has 0 unspecified atom stereocenters. The average Bonchev–Trinajstić information content (AvgIpc) is 3.20. The lowest BCUT2D eigenvalue weighted by molar-refractivity contribution is 0.102. The molecule has 6 heteroatoms. The van der Waals surface area contributed by atoms with Crippen LogP contribution in [0.5, 0.6) is 5.75 Å². The number of amides is 1. The summed E-state index contributed by atoms with van der Waals surface area (Å²) in [7, 11) is 1.57. The lowest BCUT2D eigenvalue weighted by Gasteiger charge is -2.13. The van der Waals surface area contributed by atoms with E-state index in [1.165, 1.54) is 23.9 Å². The predicted octanol–water partition coefficient (Wildman–Crippen LogP) is 7.28. The maximum absolute atomic E-state index is 13.2. The molecule has 0 aliphatic rings. The Morgan fingerprint density at radius 1 is 0.939 bits per heavy atom. The zero-order valence-electron chi connectivity index (χ0n) is 17.8. The average molecular weight is 458 g/mol. The van der Waals surface area contributed by atoms with Gasteiger partial charge in [0.25, 0.3) is 5.91 Å². The van der Waals surface area contributed by atoms with Gasteiger partial charge in [0, 0.05) is 27.5 Å². The zero-order valence-corrected chi connectivity index (χ0v) is 18.6. The summed E-state index contributed by atoms with van der Waals surface area (Å²) >= 11 is 1.53. The summed E-state index contributed by atoms with van der Waals surface area (Å²) in [4.78, 5) is 14.0. The smallest absolute Gasteiger partial charge is 0.256 e. The predicted molar refractivity (Wildman–Crippen MR) is 131 cm³/mol. The number of benzene rings is 4. The van der Waals surface area contributed by atoms with Crippen molar-refractivity contribution in [2.75, 3.05) is 12.4 Å². The number of ether oxygens (including phenoxy) is 1. The zero-order chi connectivity index (χ0) is 22.8. The highest BCUT2D eigenvalue weighted by atomic mass is 32.2. The molecule has 1 amide bonds. The number of fused-ring (bicyclic) bond motifs is 3. The van der Waals surface area contributed by atoms with Crippen molar-refractivity contribution in [3.8, 4) is 5.75 Å². The van der Waals surface area contributed by atoms with Crippen LogP contribution in [0.15, 0.2) is 94.2 Å². The molecule has 4 nitrogen and oxygen atoms in total. The molecule has 1 heterocycles. The molecule has 1 aromatic heterocycles. The van der Waals surface area contributed by atoms with Crippen LogP contribution in [0.3, 0.4) is 0 Å². The van der Waals surface area contributed by atoms with E-state index in [1.54, 1.807) is 31.4 Å². The van der Waals surface area contributed by atoms with E-state index in [2.05, 4.69) is 5.32 Å². The lowest BCUT2D eigenvalue weighted by Crippen LogP contribution is -2.13. The number of furan rings is 1. The third-order valence-corrected chi connectivity index (χ3v) is 6.53. The van der Waals surface area contributed by atoms with Crippen LogP contribution in [0.25, 0.3) is 21.9 Å². The van der Waals surface area contributed by atoms with Gasteiger partial charge in [-0.3, -0.25) is 4.79 Å². The van der Waals surface area contributed by atoms with Crippen molar-refractivity contribution in [1.29, 1.82) is 0 Å². The van der Waals surface area contributed by atoms with Crippen molar-refractivity contribution in [3.63, 3.8) is 0 Å². The molecule has 0 atom stereocenters. The van der Waals surface area contributed by atoms with E-state index in [9.17, 15) is 9.18 Å². The molecule has 0 fully saturated rings. The Hall–Kier alpha value is -3.77. The molecule has 0 radical (unpaired) electrons. The number of hydrogen-bond donors (Lipinski definition) is 1. The first-order valence-electron chi connectivity index (χ1n) is 10.4. The van der Waals surface area contributed by atoms with E-state index in [-0.39, 0.29) is 11.7 Å². The number of halogens is 1. The molecule has 0 aliphatic heterocycles. The number of carbonyl (C=O) groups is 1. The van der Waals surface area contributed by atoms with E-state index in [0.717, 1.165) is 26.8 Å². The van der Waals surface area contributed by atoms with Gasteiger partial charge < -0.3 is 14.5 Å². The van der Waals surface area contributed by atoms with Crippen LogP contribution in [0.4, 0.5) is 10.1 Å². The minimum absolute atomic E-state index is 0.244. The van der Waals surface area contributed by atoms with Crippen LogP contribution in [0, 0.1) is 5.82 Å². The van der Waals surface area contributed by atoms with Gasteiger partial charge in [-0.2, -0.15) is 0 Å².